The van der Waals surface area contributed by atoms with Crippen molar-refractivity contribution in [1.29, 1.82) is 0 Å². The smallest absolute Gasteiger partial charge is 0.216 e. The van der Waals surface area contributed by atoms with E-state index in [0.717, 1.165) is 34.6 Å². The molecule has 0 spiro atoms. The van der Waals surface area contributed by atoms with Gasteiger partial charge in [0.25, 0.3) is 0 Å². The lowest BCUT2D eigenvalue weighted by molar-refractivity contribution is 0.627. The Morgan fingerprint density at radius 1 is 1.44 bits per heavy atom. The van der Waals surface area contributed by atoms with Crippen LogP contribution in [0.25, 0.3) is 0 Å². The SMILES string of the molecule is CCc1nn(CC)c(CSc2n[nH]c(N)n2)c1Br. The number of hydrogen-bond acceptors (Lipinski definition) is 5. The molecule has 3 N–H and O–H groups in total. The molecule has 2 heterocycles. The molecule has 0 atom stereocenters. The maximum atomic E-state index is 5.49. The number of aromatic nitrogens is 5. The third-order valence-electron chi connectivity index (χ3n) is 2.51. The van der Waals surface area contributed by atoms with Crippen molar-refractivity contribution in [2.75, 3.05) is 5.73 Å². The predicted octanol–water partition coefficient (Wildman–Crippen LogP) is 2.22. The lowest BCUT2D eigenvalue weighted by Gasteiger charge is -2.03. The van der Waals surface area contributed by atoms with E-state index in [1.807, 2.05) is 4.68 Å². The molecule has 6 nitrogen and oxygen atoms in total. The van der Waals surface area contributed by atoms with Gasteiger partial charge in [-0.3, -0.25) is 4.68 Å². The molecule has 2 aromatic heterocycles. The first kappa shape index (κ1) is 13.4. The van der Waals surface area contributed by atoms with E-state index >= 15 is 0 Å². The number of thioether (sulfide) groups is 1. The number of aromatic amines is 1. The number of hydrogen-bond donors (Lipinski definition) is 2. The summed E-state index contributed by atoms with van der Waals surface area (Å²) >= 11 is 5.15. The minimum atomic E-state index is 0.342. The number of anilines is 1. The van der Waals surface area contributed by atoms with Crippen LogP contribution >= 0.6 is 27.7 Å². The zero-order valence-electron chi connectivity index (χ0n) is 10.3. The van der Waals surface area contributed by atoms with Gasteiger partial charge in [-0.05, 0) is 29.3 Å². The van der Waals surface area contributed by atoms with Gasteiger partial charge in [-0.15, -0.1) is 5.10 Å². The molecule has 2 rings (SSSR count). The van der Waals surface area contributed by atoms with E-state index in [2.05, 4.69) is 50.1 Å². The third kappa shape index (κ3) is 2.69. The van der Waals surface area contributed by atoms with Crippen molar-refractivity contribution in [3.8, 4) is 0 Å². The Morgan fingerprint density at radius 3 is 2.78 bits per heavy atom. The maximum absolute atomic E-state index is 5.49. The standard InChI is InChI=1S/C10H15BrN6S/c1-3-6-8(11)7(17(4-2)16-6)5-18-10-13-9(12)14-15-10/h3-5H2,1-2H3,(H3,12,13,14,15). The lowest BCUT2D eigenvalue weighted by Crippen LogP contribution is -2.02. The highest BCUT2D eigenvalue weighted by Crippen LogP contribution is 2.28. The van der Waals surface area contributed by atoms with Gasteiger partial charge in [0, 0.05) is 12.3 Å². The van der Waals surface area contributed by atoms with E-state index in [0.29, 0.717) is 11.1 Å². The summed E-state index contributed by atoms with van der Waals surface area (Å²) in [5.41, 5.74) is 7.73. The summed E-state index contributed by atoms with van der Waals surface area (Å²) in [6, 6.07) is 0. The molecule has 0 aliphatic rings. The first-order chi connectivity index (χ1) is 8.65. The van der Waals surface area contributed by atoms with E-state index in [-0.39, 0.29) is 0 Å². The molecule has 98 valence electrons. The molecular weight excluding hydrogens is 316 g/mol. The summed E-state index contributed by atoms with van der Waals surface area (Å²) in [5.74, 6) is 1.11. The van der Waals surface area contributed by atoms with E-state index < -0.39 is 0 Å². The normalized spacial score (nSPS) is 11.1. The quantitative estimate of drug-likeness (QED) is 0.821. The Labute approximate surface area is 118 Å². The van der Waals surface area contributed by atoms with Crippen molar-refractivity contribution < 1.29 is 0 Å². The van der Waals surface area contributed by atoms with Gasteiger partial charge < -0.3 is 5.73 Å². The minimum Gasteiger partial charge on any atom is -0.368 e. The molecule has 2 aromatic rings. The van der Waals surface area contributed by atoms with Crippen LogP contribution in [0.4, 0.5) is 5.95 Å². The van der Waals surface area contributed by atoms with Gasteiger partial charge in [-0.2, -0.15) is 10.1 Å². The van der Waals surface area contributed by atoms with Gasteiger partial charge in [0.2, 0.25) is 11.1 Å². The van der Waals surface area contributed by atoms with Crippen LogP contribution in [0.3, 0.4) is 0 Å². The molecule has 18 heavy (non-hydrogen) atoms. The summed E-state index contributed by atoms with van der Waals surface area (Å²) < 4.78 is 3.09. The molecule has 0 unspecified atom stereocenters. The zero-order valence-corrected chi connectivity index (χ0v) is 12.7. The number of nitrogens with zero attached hydrogens (tertiary/aromatic N) is 4. The average molecular weight is 331 g/mol. The number of aryl methyl sites for hydroxylation is 2. The lowest BCUT2D eigenvalue weighted by atomic mass is 10.3. The molecule has 0 bridgehead atoms. The van der Waals surface area contributed by atoms with E-state index in [1.54, 1.807) is 0 Å². The third-order valence-corrected chi connectivity index (χ3v) is 4.29. The topological polar surface area (TPSA) is 85.4 Å². The van der Waals surface area contributed by atoms with Crippen molar-refractivity contribution in [2.45, 2.75) is 37.7 Å². The van der Waals surface area contributed by atoms with Gasteiger partial charge in [0.05, 0.1) is 15.9 Å². The summed E-state index contributed by atoms with van der Waals surface area (Å²) in [4.78, 5) is 4.07. The fourth-order valence-electron chi connectivity index (χ4n) is 1.61. The molecule has 0 saturated carbocycles. The van der Waals surface area contributed by atoms with Gasteiger partial charge >= 0.3 is 0 Å². The Balaban J connectivity index is 2.15. The molecule has 0 saturated heterocycles. The van der Waals surface area contributed by atoms with Crippen molar-refractivity contribution in [2.24, 2.45) is 0 Å². The van der Waals surface area contributed by atoms with Gasteiger partial charge in [0.1, 0.15) is 0 Å². The van der Waals surface area contributed by atoms with E-state index in [9.17, 15) is 0 Å². The molecule has 0 aliphatic carbocycles. The van der Waals surface area contributed by atoms with Gasteiger partial charge in [-0.1, -0.05) is 18.7 Å². The van der Waals surface area contributed by atoms with Crippen molar-refractivity contribution in [1.82, 2.24) is 25.0 Å². The number of rotatable bonds is 5. The van der Waals surface area contributed by atoms with Crippen LogP contribution in [-0.4, -0.2) is 25.0 Å². The first-order valence-corrected chi connectivity index (χ1v) is 7.48. The van der Waals surface area contributed by atoms with Crippen molar-refractivity contribution in [3.05, 3.63) is 15.9 Å². The maximum Gasteiger partial charge on any atom is 0.216 e. The van der Waals surface area contributed by atoms with Crippen LogP contribution in [0.1, 0.15) is 25.2 Å². The van der Waals surface area contributed by atoms with Crippen LogP contribution in [0.2, 0.25) is 0 Å². The highest BCUT2D eigenvalue weighted by molar-refractivity contribution is 9.10. The number of halogens is 1. The second-order valence-corrected chi connectivity index (χ2v) is 5.40. The highest BCUT2D eigenvalue weighted by atomic mass is 79.9. The van der Waals surface area contributed by atoms with Crippen molar-refractivity contribution >= 4 is 33.6 Å². The molecule has 0 radical (unpaired) electrons. The Kier molecular flexibility index (Phi) is 4.28. The molecule has 8 heteroatoms. The Hall–Kier alpha value is -1.02. The van der Waals surface area contributed by atoms with Gasteiger partial charge in [-0.25, -0.2) is 5.10 Å². The summed E-state index contributed by atoms with van der Waals surface area (Å²) in [6.45, 7) is 5.03. The highest BCUT2D eigenvalue weighted by Gasteiger charge is 2.14. The minimum absolute atomic E-state index is 0.342. The Morgan fingerprint density at radius 2 is 2.22 bits per heavy atom. The van der Waals surface area contributed by atoms with Gasteiger partial charge in [0.15, 0.2) is 0 Å². The average Bonchev–Trinajstić information content (AvgIpc) is 2.91. The monoisotopic (exact) mass is 330 g/mol. The second-order valence-electron chi connectivity index (χ2n) is 3.67. The molecule has 0 aromatic carbocycles. The summed E-state index contributed by atoms with van der Waals surface area (Å²) in [7, 11) is 0. The summed E-state index contributed by atoms with van der Waals surface area (Å²) in [6.07, 6.45) is 0.916. The number of nitrogens with one attached hydrogen (secondary N) is 1. The molecule has 0 amide bonds. The van der Waals surface area contributed by atoms with Crippen LogP contribution in [0.15, 0.2) is 9.63 Å². The van der Waals surface area contributed by atoms with Crippen LogP contribution in [0.5, 0.6) is 0 Å². The van der Waals surface area contributed by atoms with Crippen molar-refractivity contribution in [3.63, 3.8) is 0 Å². The summed E-state index contributed by atoms with van der Waals surface area (Å²) in [5, 5.41) is 11.8. The second kappa shape index (κ2) is 5.75. The van der Waals surface area contributed by atoms with Crippen LogP contribution < -0.4 is 5.73 Å². The number of nitrogens with two attached hydrogens (primary N) is 1. The van der Waals surface area contributed by atoms with E-state index in [4.69, 9.17) is 5.73 Å². The van der Waals surface area contributed by atoms with E-state index in [1.165, 1.54) is 11.8 Å². The number of nitrogen functional groups attached to an aromatic ring is 1. The number of H-pyrrole nitrogens is 1. The fraction of sp³-hybridized carbons (Fsp3) is 0.500. The predicted molar refractivity (Wildman–Crippen MR) is 75.3 cm³/mol. The molecule has 0 aliphatic heterocycles. The molecule has 0 fully saturated rings. The molecular formula is C10H15BrN6S. The van der Waals surface area contributed by atoms with Crippen LogP contribution in [-0.2, 0) is 18.7 Å². The van der Waals surface area contributed by atoms with Crippen LogP contribution in [0, 0.1) is 0 Å². The largest absolute Gasteiger partial charge is 0.368 e. The zero-order chi connectivity index (χ0) is 13.1. The Bertz CT molecular complexity index is 534. The fourth-order valence-corrected chi connectivity index (χ4v) is 3.33. The first-order valence-electron chi connectivity index (χ1n) is 5.70.